The minimum absolute atomic E-state index is 0.215. The largest absolute Gasteiger partial charge is 0.382 e. The Morgan fingerprint density at radius 1 is 1.26 bits per heavy atom. The van der Waals surface area contributed by atoms with Gasteiger partial charge in [-0.25, -0.2) is 0 Å². The minimum atomic E-state index is 0.215. The summed E-state index contributed by atoms with van der Waals surface area (Å²) in [7, 11) is 0. The van der Waals surface area contributed by atoms with E-state index in [0.29, 0.717) is 18.1 Å². The third-order valence-corrected chi connectivity index (χ3v) is 4.46. The van der Waals surface area contributed by atoms with Crippen molar-refractivity contribution < 1.29 is 4.74 Å². The summed E-state index contributed by atoms with van der Waals surface area (Å²) in [6, 6.07) is 9.34. The zero-order chi connectivity index (χ0) is 14.0. The van der Waals surface area contributed by atoms with Crippen molar-refractivity contribution in [3.8, 4) is 0 Å². The summed E-state index contributed by atoms with van der Waals surface area (Å²) in [6.07, 6.45) is 1.50. The van der Waals surface area contributed by atoms with Crippen molar-refractivity contribution in [1.82, 2.24) is 0 Å². The molecule has 0 saturated heterocycles. The molecule has 2 heteroatoms. The molecule has 0 aromatic heterocycles. The monoisotopic (exact) mass is 261 g/mol. The van der Waals surface area contributed by atoms with Gasteiger partial charge in [-0.3, -0.25) is 0 Å². The lowest BCUT2D eigenvalue weighted by Gasteiger charge is -2.52. The van der Waals surface area contributed by atoms with Gasteiger partial charge in [-0.15, -0.1) is 0 Å². The van der Waals surface area contributed by atoms with E-state index >= 15 is 0 Å². The molecule has 1 aliphatic rings. The second kappa shape index (κ2) is 5.54. The molecule has 0 radical (unpaired) electrons. The van der Waals surface area contributed by atoms with Gasteiger partial charge in [0.05, 0.1) is 6.10 Å². The van der Waals surface area contributed by atoms with Crippen molar-refractivity contribution in [2.45, 2.75) is 59.1 Å². The van der Waals surface area contributed by atoms with Gasteiger partial charge in [0.25, 0.3) is 0 Å². The standard InChI is InChI=1S/C17H27NO/c1-6-19-16-11-15(17(16,4)5)18-14-9-7-13(8-10-14)12(2)3/h7-10,12,15-16,18H,6,11H2,1-5H3. The topological polar surface area (TPSA) is 21.3 Å². The van der Waals surface area contributed by atoms with E-state index < -0.39 is 0 Å². The van der Waals surface area contributed by atoms with E-state index in [1.807, 2.05) is 0 Å². The normalized spacial score (nSPS) is 25.2. The Kier molecular flexibility index (Phi) is 4.19. The Morgan fingerprint density at radius 3 is 2.37 bits per heavy atom. The van der Waals surface area contributed by atoms with Gasteiger partial charge in [-0.05, 0) is 37.0 Å². The van der Waals surface area contributed by atoms with Crippen molar-refractivity contribution in [2.75, 3.05) is 11.9 Å². The first-order valence-electron chi connectivity index (χ1n) is 7.43. The molecular weight excluding hydrogens is 234 g/mol. The van der Waals surface area contributed by atoms with E-state index in [1.165, 1.54) is 11.3 Å². The molecule has 106 valence electrons. The number of benzene rings is 1. The van der Waals surface area contributed by atoms with Crippen LogP contribution in [0.3, 0.4) is 0 Å². The molecule has 1 aromatic carbocycles. The summed E-state index contributed by atoms with van der Waals surface area (Å²) < 4.78 is 5.77. The average Bonchev–Trinajstić information content (AvgIpc) is 2.38. The van der Waals surface area contributed by atoms with E-state index in [2.05, 4.69) is 64.2 Å². The van der Waals surface area contributed by atoms with Gasteiger partial charge >= 0.3 is 0 Å². The minimum Gasteiger partial charge on any atom is -0.382 e. The predicted molar refractivity (Wildman–Crippen MR) is 81.8 cm³/mol. The molecule has 1 N–H and O–H groups in total. The molecule has 1 fully saturated rings. The second-order valence-electron chi connectivity index (χ2n) is 6.47. The zero-order valence-electron chi connectivity index (χ0n) is 12.9. The number of nitrogens with one attached hydrogen (secondary N) is 1. The second-order valence-corrected chi connectivity index (χ2v) is 6.47. The number of ether oxygens (including phenoxy) is 1. The lowest BCUT2D eigenvalue weighted by molar-refractivity contribution is -0.0975. The van der Waals surface area contributed by atoms with Crippen LogP contribution in [0.25, 0.3) is 0 Å². The van der Waals surface area contributed by atoms with E-state index in [4.69, 9.17) is 4.74 Å². The van der Waals surface area contributed by atoms with Crippen LogP contribution in [0, 0.1) is 5.41 Å². The van der Waals surface area contributed by atoms with Gasteiger partial charge in [-0.2, -0.15) is 0 Å². The molecule has 1 aromatic rings. The van der Waals surface area contributed by atoms with Crippen LogP contribution >= 0.6 is 0 Å². The Hall–Kier alpha value is -1.02. The van der Waals surface area contributed by atoms with Crippen LogP contribution in [-0.4, -0.2) is 18.8 Å². The summed E-state index contributed by atoms with van der Waals surface area (Å²) in [5, 5.41) is 3.64. The summed E-state index contributed by atoms with van der Waals surface area (Å²) >= 11 is 0. The highest BCUT2D eigenvalue weighted by atomic mass is 16.5. The van der Waals surface area contributed by atoms with Gasteiger partial charge in [0.15, 0.2) is 0 Å². The van der Waals surface area contributed by atoms with Crippen molar-refractivity contribution in [3.63, 3.8) is 0 Å². The molecule has 0 amide bonds. The van der Waals surface area contributed by atoms with Crippen LogP contribution in [0.4, 0.5) is 5.69 Å². The molecule has 19 heavy (non-hydrogen) atoms. The van der Waals surface area contributed by atoms with Crippen molar-refractivity contribution in [1.29, 1.82) is 0 Å². The molecule has 1 saturated carbocycles. The lowest BCUT2D eigenvalue weighted by Crippen LogP contribution is -2.58. The van der Waals surface area contributed by atoms with Crippen molar-refractivity contribution in [3.05, 3.63) is 29.8 Å². The maximum absolute atomic E-state index is 5.77. The average molecular weight is 261 g/mol. The fourth-order valence-corrected chi connectivity index (χ4v) is 2.78. The molecule has 1 aliphatic carbocycles. The molecule has 0 aliphatic heterocycles. The first-order chi connectivity index (χ1) is 8.95. The van der Waals surface area contributed by atoms with Crippen LogP contribution < -0.4 is 5.32 Å². The SMILES string of the molecule is CCOC1CC(Nc2ccc(C(C)C)cc2)C1(C)C. The highest BCUT2D eigenvalue weighted by Gasteiger charge is 2.48. The molecule has 2 rings (SSSR count). The third-order valence-electron chi connectivity index (χ3n) is 4.46. The lowest BCUT2D eigenvalue weighted by atomic mass is 9.64. The van der Waals surface area contributed by atoms with E-state index in [1.54, 1.807) is 0 Å². The summed E-state index contributed by atoms with van der Waals surface area (Å²) in [5.41, 5.74) is 2.83. The number of anilines is 1. The van der Waals surface area contributed by atoms with Crippen LogP contribution in [0.15, 0.2) is 24.3 Å². The smallest absolute Gasteiger partial charge is 0.0665 e. The summed E-state index contributed by atoms with van der Waals surface area (Å²) in [5.74, 6) is 0.594. The fourth-order valence-electron chi connectivity index (χ4n) is 2.78. The number of rotatable bonds is 5. The van der Waals surface area contributed by atoms with E-state index in [9.17, 15) is 0 Å². The van der Waals surface area contributed by atoms with Gasteiger partial charge in [0.2, 0.25) is 0 Å². The molecular formula is C17H27NO. The number of hydrogen-bond donors (Lipinski definition) is 1. The Balaban J connectivity index is 1.95. The molecule has 0 bridgehead atoms. The quantitative estimate of drug-likeness (QED) is 0.847. The molecule has 2 atom stereocenters. The van der Waals surface area contributed by atoms with Gasteiger partial charge in [0.1, 0.15) is 0 Å². The zero-order valence-corrected chi connectivity index (χ0v) is 12.9. The predicted octanol–water partition coefficient (Wildman–Crippen LogP) is 4.43. The first kappa shape index (κ1) is 14.4. The third kappa shape index (κ3) is 2.94. The van der Waals surface area contributed by atoms with Crippen LogP contribution in [0.5, 0.6) is 0 Å². The fraction of sp³-hybridized carbons (Fsp3) is 0.647. The highest BCUT2D eigenvalue weighted by molar-refractivity contribution is 5.47. The van der Waals surface area contributed by atoms with E-state index in [0.717, 1.165) is 13.0 Å². The maximum atomic E-state index is 5.77. The van der Waals surface area contributed by atoms with Gasteiger partial charge < -0.3 is 10.1 Å². The molecule has 2 unspecified atom stereocenters. The Morgan fingerprint density at radius 2 is 1.89 bits per heavy atom. The molecule has 2 nitrogen and oxygen atoms in total. The summed E-state index contributed by atoms with van der Waals surface area (Å²) in [6.45, 7) is 11.9. The number of hydrogen-bond acceptors (Lipinski definition) is 2. The summed E-state index contributed by atoms with van der Waals surface area (Å²) in [4.78, 5) is 0. The van der Waals surface area contributed by atoms with Gasteiger partial charge in [-0.1, -0.05) is 39.8 Å². The molecule has 0 spiro atoms. The van der Waals surface area contributed by atoms with Crippen molar-refractivity contribution >= 4 is 5.69 Å². The maximum Gasteiger partial charge on any atom is 0.0665 e. The van der Waals surface area contributed by atoms with Gasteiger partial charge in [0, 0.05) is 23.8 Å². The Labute approximate surface area is 117 Å². The van der Waals surface area contributed by atoms with Crippen LogP contribution in [0.1, 0.15) is 52.5 Å². The van der Waals surface area contributed by atoms with Crippen LogP contribution in [-0.2, 0) is 4.74 Å². The first-order valence-corrected chi connectivity index (χ1v) is 7.43. The Bertz CT molecular complexity index is 408. The van der Waals surface area contributed by atoms with E-state index in [-0.39, 0.29) is 5.41 Å². The van der Waals surface area contributed by atoms with Crippen molar-refractivity contribution in [2.24, 2.45) is 5.41 Å². The molecule has 0 heterocycles. The van der Waals surface area contributed by atoms with Crippen LogP contribution in [0.2, 0.25) is 0 Å². The highest BCUT2D eigenvalue weighted by Crippen LogP contribution is 2.44.